The van der Waals surface area contributed by atoms with Crippen molar-refractivity contribution in [1.82, 2.24) is 18.3 Å². The van der Waals surface area contributed by atoms with Crippen LogP contribution in [0.5, 0.6) is 0 Å². The molecule has 0 fully saturated rings. The molecule has 4 aromatic heterocycles. The van der Waals surface area contributed by atoms with Gasteiger partial charge >= 0.3 is 0 Å². The van der Waals surface area contributed by atoms with E-state index in [1.54, 1.807) is 47.0 Å². The fourth-order valence-electron chi connectivity index (χ4n) is 4.01. The zero-order chi connectivity index (χ0) is 29.3. The van der Waals surface area contributed by atoms with Gasteiger partial charge in [-0.15, -0.1) is 0 Å². The molecule has 214 valence electrons. The normalized spacial score (nSPS) is 11.0. The Labute approximate surface area is 284 Å². The third-order valence-corrected chi connectivity index (χ3v) is 12.1. The van der Waals surface area contributed by atoms with Crippen molar-refractivity contribution in [2.75, 3.05) is 0 Å². The van der Waals surface area contributed by atoms with Crippen LogP contribution in [-0.4, -0.2) is 35.6 Å². The van der Waals surface area contributed by atoms with Crippen molar-refractivity contribution in [3.63, 3.8) is 0 Å². The maximum Gasteiger partial charge on any atom is 0.144 e. The van der Waals surface area contributed by atoms with Crippen molar-refractivity contribution in [1.29, 1.82) is 0 Å². The van der Waals surface area contributed by atoms with Crippen molar-refractivity contribution >= 4 is 113 Å². The molecule has 12 heteroatoms. The largest absolute Gasteiger partial charge is 0.310 e. The molecule has 4 nitrogen and oxygen atoms in total. The number of rotatable bonds is 8. The summed E-state index contributed by atoms with van der Waals surface area (Å²) in [5.74, 6) is 3.05. The summed E-state index contributed by atoms with van der Waals surface area (Å²) in [4.78, 5) is 0. The van der Waals surface area contributed by atoms with Crippen molar-refractivity contribution in [3.8, 4) is 0 Å². The predicted octanol–water partition coefficient (Wildman–Crippen LogP) is 9.16. The van der Waals surface area contributed by atoms with Gasteiger partial charge < -0.3 is 18.3 Å². The molecule has 4 heterocycles. The third-order valence-electron chi connectivity index (χ3n) is 6.19. The number of thiocarbonyl (C=S) groups is 4. The molecule has 0 atom stereocenters. The second-order valence-electron chi connectivity index (χ2n) is 8.97. The van der Waals surface area contributed by atoms with Gasteiger partial charge in [0.2, 0.25) is 0 Å². The van der Waals surface area contributed by atoms with E-state index in [2.05, 4.69) is 12.1 Å². The average Bonchev–Trinajstić information content (AvgIpc) is 3.84. The minimum absolute atomic E-state index is 0.762. The van der Waals surface area contributed by atoms with Gasteiger partial charge in [0.15, 0.2) is 0 Å². The molecule has 5 rings (SSSR count). The van der Waals surface area contributed by atoms with E-state index < -0.39 is 0 Å². The van der Waals surface area contributed by atoms with Gasteiger partial charge in [0.1, 0.15) is 17.3 Å². The Hall–Kier alpha value is -1.90. The molecule has 0 saturated carbocycles. The number of aromatic nitrogens is 4. The van der Waals surface area contributed by atoms with Gasteiger partial charge in [-0.05, 0) is 70.8 Å². The molecular weight excluding hydrogens is 673 g/mol. The number of nitrogens with zero attached hydrogens (tertiary/aromatic N) is 4. The Balaban J connectivity index is 1.41. The van der Waals surface area contributed by atoms with Crippen LogP contribution in [0.2, 0.25) is 0 Å². The second-order valence-corrected chi connectivity index (χ2v) is 15.4. The van der Waals surface area contributed by atoms with E-state index in [-0.39, 0.29) is 0 Å². The first kappa shape index (κ1) is 31.5. The van der Waals surface area contributed by atoms with E-state index in [1.807, 2.05) is 116 Å². The summed E-state index contributed by atoms with van der Waals surface area (Å²) in [6.45, 7) is 0. The highest BCUT2D eigenvalue weighted by Crippen LogP contribution is 2.31. The van der Waals surface area contributed by atoms with Crippen LogP contribution in [0, 0.1) is 0 Å². The molecule has 0 spiro atoms. The number of hydrogen-bond acceptors (Lipinski definition) is 8. The molecule has 0 radical (unpaired) electrons. The lowest BCUT2D eigenvalue weighted by Crippen LogP contribution is -2.08. The van der Waals surface area contributed by atoms with Gasteiger partial charge in [-0.2, -0.15) is 0 Å². The van der Waals surface area contributed by atoms with Gasteiger partial charge in [-0.25, -0.2) is 0 Å². The molecule has 0 amide bonds. The van der Waals surface area contributed by atoms with Crippen LogP contribution in [0.4, 0.5) is 0 Å². The number of thioether (sulfide) groups is 4. The molecule has 0 aliphatic rings. The van der Waals surface area contributed by atoms with Crippen LogP contribution in [0.3, 0.4) is 0 Å². The molecule has 0 aliphatic carbocycles. The molecule has 42 heavy (non-hydrogen) atoms. The van der Waals surface area contributed by atoms with E-state index in [1.165, 1.54) is 22.3 Å². The summed E-state index contributed by atoms with van der Waals surface area (Å²) in [6.07, 6.45) is 15.9. The van der Waals surface area contributed by atoms with E-state index >= 15 is 0 Å². The first-order valence-corrected chi connectivity index (χ1v) is 18.4. The van der Waals surface area contributed by atoms with Crippen molar-refractivity contribution in [2.45, 2.75) is 23.0 Å². The number of hydrogen-bond donors (Lipinski definition) is 0. The summed E-state index contributed by atoms with van der Waals surface area (Å²) in [5.41, 5.74) is 5.01. The quantitative estimate of drug-likeness (QED) is 0.148. The molecule has 1 aromatic carbocycles. The Bertz CT molecular complexity index is 1390. The lowest BCUT2D eigenvalue weighted by Gasteiger charge is -2.18. The molecule has 0 bridgehead atoms. The summed E-state index contributed by atoms with van der Waals surface area (Å²) < 4.78 is 11.2. The topological polar surface area (TPSA) is 19.7 Å². The van der Waals surface area contributed by atoms with E-state index in [9.17, 15) is 0 Å². The highest BCUT2D eigenvalue weighted by atomic mass is 32.2. The van der Waals surface area contributed by atoms with Crippen LogP contribution < -0.4 is 0 Å². The first-order chi connectivity index (χ1) is 20.5. The maximum absolute atomic E-state index is 5.73. The monoisotopic (exact) mass is 698 g/mol. The van der Waals surface area contributed by atoms with Gasteiger partial charge in [0.25, 0.3) is 0 Å². The Morgan fingerprint density at radius 2 is 0.571 bits per heavy atom. The molecule has 0 aliphatic heterocycles. The SMILES string of the molecule is S=C(SCc1cc(CSC(=S)n2cccc2)c(CSC(=S)n2cccc2)cc1CSC(=S)n1cccc1)n1cccc1. The minimum Gasteiger partial charge on any atom is -0.310 e. The van der Waals surface area contributed by atoms with E-state index in [0.717, 1.165) is 40.3 Å². The molecule has 0 N–H and O–H groups in total. The van der Waals surface area contributed by atoms with Crippen LogP contribution in [0.25, 0.3) is 0 Å². The van der Waals surface area contributed by atoms with Gasteiger partial charge in [-0.1, -0.05) is 108 Å². The Morgan fingerprint density at radius 1 is 0.381 bits per heavy atom. The summed E-state index contributed by atoms with van der Waals surface area (Å²) in [6, 6.07) is 20.6. The highest BCUT2D eigenvalue weighted by Gasteiger charge is 2.15. The van der Waals surface area contributed by atoms with Crippen LogP contribution in [-0.2, 0) is 23.0 Å². The van der Waals surface area contributed by atoms with Gasteiger partial charge in [0, 0.05) is 72.6 Å². The average molecular weight is 699 g/mol. The summed E-state index contributed by atoms with van der Waals surface area (Å²) in [5, 5.41) is 0. The van der Waals surface area contributed by atoms with Crippen molar-refractivity contribution in [3.05, 3.63) is 132 Å². The first-order valence-electron chi connectivity index (χ1n) is 12.8. The predicted molar refractivity (Wildman–Crippen MR) is 201 cm³/mol. The highest BCUT2D eigenvalue weighted by molar-refractivity contribution is 8.23. The molecule has 0 unspecified atom stereocenters. The Kier molecular flexibility index (Phi) is 11.8. The molecule has 0 saturated heterocycles. The molecular formula is C30H26N4S8. The van der Waals surface area contributed by atoms with Crippen molar-refractivity contribution in [2.24, 2.45) is 0 Å². The van der Waals surface area contributed by atoms with Gasteiger partial charge in [0.05, 0.1) is 0 Å². The van der Waals surface area contributed by atoms with E-state index in [4.69, 9.17) is 48.9 Å². The second kappa shape index (κ2) is 15.7. The standard InChI is InChI=1S/C30H26N4S8/c35-27(31-9-1-2-10-31)39-19-23-17-25(21-41-29(37)33-13-5-6-14-33)26(22-42-30(38)34-15-7-8-16-34)18-24(23)20-40-28(36)32-11-3-4-12-32/h1-18H,19-22H2. The van der Waals surface area contributed by atoms with Gasteiger partial charge in [-0.3, -0.25) is 0 Å². The van der Waals surface area contributed by atoms with Crippen LogP contribution in [0.15, 0.2) is 110 Å². The number of benzene rings is 1. The lowest BCUT2D eigenvalue weighted by atomic mass is 10.0. The Morgan fingerprint density at radius 3 is 0.762 bits per heavy atom. The maximum atomic E-state index is 5.73. The molecule has 5 aromatic rings. The zero-order valence-electron chi connectivity index (χ0n) is 22.3. The smallest absolute Gasteiger partial charge is 0.144 e. The summed E-state index contributed by atoms with van der Waals surface area (Å²) in [7, 11) is 0. The zero-order valence-corrected chi connectivity index (χ0v) is 28.8. The van der Waals surface area contributed by atoms with Crippen molar-refractivity contribution < 1.29 is 0 Å². The fourth-order valence-corrected chi connectivity index (χ4v) is 8.48. The third kappa shape index (κ3) is 8.60. The van der Waals surface area contributed by atoms with Crippen LogP contribution >= 0.6 is 95.9 Å². The lowest BCUT2D eigenvalue weighted by molar-refractivity contribution is 1.18. The minimum atomic E-state index is 0.762. The van der Waals surface area contributed by atoms with Crippen LogP contribution in [0.1, 0.15) is 22.3 Å². The summed E-state index contributed by atoms with van der Waals surface area (Å²) >= 11 is 29.6. The fraction of sp³-hybridized carbons (Fsp3) is 0.133. The van der Waals surface area contributed by atoms with E-state index in [0.29, 0.717) is 0 Å².